The molecule has 0 aliphatic carbocycles. The molecule has 0 radical (unpaired) electrons. The molecule has 1 unspecified atom stereocenters. The van der Waals surface area contributed by atoms with Crippen molar-refractivity contribution in [1.82, 2.24) is 15.2 Å². The molecule has 3 saturated heterocycles. The van der Waals surface area contributed by atoms with Crippen LogP contribution in [0.25, 0.3) is 10.6 Å². The van der Waals surface area contributed by atoms with Gasteiger partial charge in [0.25, 0.3) is 5.91 Å². The second-order valence-corrected chi connectivity index (χ2v) is 7.05. The fourth-order valence-electron chi connectivity index (χ4n) is 3.46. The van der Waals surface area contributed by atoms with Crippen LogP contribution in [0, 0.1) is 5.92 Å². The van der Waals surface area contributed by atoms with Gasteiger partial charge in [0.1, 0.15) is 0 Å². The van der Waals surface area contributed by atoms with E-state index in [-0.39, 0.29) is 5.91 Å². The molecule has 5 heterocycles. The molecule has 2 bridgehead atoms. The largest absolute Gasteiger partial charge is 0.361 e. The molecule has 1 amide bonds. The molecule has 5 rings (SSSR count). The number of aromatic nitrogens is 1. The SMILES string of the molecule is O=C(NC1CN2CCC1CC2)c1ccc(-c2ccc[nH]2)s1. The third-order valence-electron chi connectivity index (χ3n) is 4.67. The summed E-state index contributed by atoms with van der Waals surface area (Å²) >= 11 is 1.55. The summed E-state index contributed by atoms with van der Waals surface area (Å²) in [6.45, 7) is 3.42. The van der Waals surface area contributed by atoms with Gasteiger partial charge >= 0.3 is 0 Å². The number of amides is 1. The minimum absolute atomic E-state index is 0.0801. The van der Waals surface area contributed by atoms with Gasteiger partial charge in [-0.2, -0.15) is 0 Å². The number of hydrogen-bond donors (Lipinski definition) is 2. The van der Waals surface area contributed by atoms with Gasteiger partial charge in [0.05, 0.1) is 15.4 Å². The van der Waals surface area contributed by atoms with E-state index in [1.165, 1.54) is 25.9 Å². The van der Waals surface area contributed by atoms with Crippen LogP contribution in [0.3, 0.4) is 0 Å². The number of rotatable bonds is 3. The number of aromatic amines is 1. The molecule has 3 fully saturated rings. The van der Waals surface area contributed by atoms with Crippen molar-refractivity contribution in [2.75, 3.05) is 19.6 Å². The third kappa shape index (κ3) is 2.51. The first kappa shape index (κ1) is 13.1. The van der Waals surface area contributed by atoms with Crippen LogP contribution in [0.1, 0.15) is 22.5 Å². The minimum atomic E-state index is 0.0801. The zero-order valence-corrected chi connectivity index (χ0v) is 12.7. The predicted octanol–water partition coefficient (Wildman–Crippen LogP) is 2.57. The zero-order chi connectivity index (χ0) is 14.2. The van der Waals surface area contributed by atoms with E-state index in [0.717, 1.165) is 22.0 Å². The maximum atomic E-state index is 12.4. The summed E-state index contributed by atoms with van der Waals surface area (Å²) in [6, 6.07) is 8.28. The van der Waals surface area contributed by atoms with E-state index in [1.54, 1.807) is 11.3 Å². The Labute approximate surface area is 128 Å². The molecule has 4 nitrogen and oxygen atoms in total. The van der Waals surface area contributed by atoms with Crippen LogP contribution < -0.4 is 5.32 Å². The molecule has 2 aromatic rings. The molecule has 2 N–H and O–H groups in total. The van der Waals surface area contributed by atoms with Crippen LogP contribution in [-0.4, -0.2) is 41.5 Å². The fourth-order valence-corrected chi connectivity index (χ4v) is 4.35. The van der Waals surface area contributed by atoms with Gasteiger partial charge in [-0.05, 0) is 56.1 Å². The summed E-state index contributed by atoms with van der Waals surface area (Å²) in [7, 11) is 0. The average Bonchev–Trinajstić information content (AvgIpc) is 3.20. The van der Waals surface area contributed by atoms with Gasteiger partial charge in [0.15, 0.2) is 0 Å². The molecule has 0 aromatic carbocycles. The van der Waals surface area contributed by atoms with E-state index in [1.807, 2.05) is 30.5 Å². The van der Waals surface area contributed by atoms with Crippen molar-refractivity contribution in [2.45, 2.75) is 18.9 Å². The Morgan fingerprint density at radius 3 is 2.81 bits per heavy atom. The summed E-state index contributed by atoms with van der Waals surface area (Å²) in [4.78, 5) is 20.0. The number of nitrogens with zero attached hydrogens (tertiary/aromatic N) is 1. The Bertz CT molecular complexity index is 626. The highest BCUT2D eigenvalue weighted by Crippen LogP contribution is 2.29. The molecule has 2 aromatic heterocycles. The van der Waals surface area contributed by atoms with Crippen molar-refractivity contribution in [3.63, 3.8) is 0 Å². The number of hydrogen-bond acceptors (Lipinski definition) is 3. The lowest BCUT2D eigenvalue weighted by atomic mass is 9.84. The van der Waals surface area contributed by atoms with Crippen molar-refractivity contribution >= 4 is 17.2 Å². The highest BCUT2D eigenvalue weighted by atomic mass is 32.1. The number of thiophene rings is 1. The Kier molecular flexibility index (Phi) is 3.31. The molecular weight excluding hydrogens is 282 g/mol. The lowest BCUT2D eigenvalue weighted by Crippen LogP contribution is -2.57. The fraction of sp³-hybridized carbons (Fsp3) is 0.438. The van der Waals surface area contributed by atoms with E-state index in [0.29, 0.717) is 12.0 Å². The van der Waals surface area contributed by atoms with Gasteiger partial charge in [-0.1, -0.05) is 0 Å². The second kappa shape index (κ2) is 5.31. The van der Waals surface area contributed by atoms with E-state index in [4.69, 9.17) is 0 Å². The summed E-state index contributed by atoms with van der Waals surface area (Å²) in [6.07, 6.45) is 4.36. The first-order valence-corrected chi connectivity index (χ1v) is 8.38. The van der Waals surface area contributed by atoms with Gasteiger partial charge in [0, 0.05) is 18.8 Å². The summed E-state index contributed by atoms with van der Waals surface area (Å²) in [5, 5.41) is 3.24. The van der Waals surface area contributed by atoms with Crippen LogP contribution in [0.5, 0.6) is 0 Å². The smallest absolute Gasteiger partial charge is 0.261 e. The van der Waals surface area contributed by atoms with Crippen molar-refractivity contribution in [2.24, 2.45) is 5.92 Å². The van der Waals surface area contributed by atoms with E-state index < -0.39 is 0 Å². The van der Waals surface area contributed by atoms with Crippen molar-refractivity contribution in [3.05, 3.63) is 35.3 Å². The van der Waals surface area contributed by atoms with Crippen LogP contribution in [-0.2, 0) is 0 Å². The van der Waals surface area contributed by atoms with E-state index in [2.05, 4.69) is 15.2 Å². The topological polar surface area (TPSA) is 48.1 Å². The Hall–Kier alpha value is -1.59. The molecule has 3 aliphatic heterocycles. The normalized spacial score (nSPS) is 27.7. The highest BCUT2D eigenvalue weighted by molar-refractivity contribution is 7.17. The first-order chi connectivity index (χ1) is 10.3. The van der Waals surface area contributed by atoms with Crippen LogP contribution in [0.2, 0.25) is 0 Å². The van der Waals surface area contributed by atoms with E-state index >= 15 is 0 Å². The molecule has 1 atom stereocenters. The number of carbonyl (C=O) groups excluding carboxylic acids is 1. The van der Waals surface area contributed by atoms with Crippen molar-refractivity contribution in [1.29, 1.82) is 0 Å². The standard InChI is InChI=1S/C16H19N3OS/c20-16(18-13-10-19-8-5-11(13)6-9-19)15-4-3-14(21-15)12-2-1-7-17-12/h1-4,7,11,13,17H,5-6,8-10H2,(H,18,20). The van der Waals surface area contributed by atoms with Crippen molar-refractivity contribution < 1.29 is 4.79 Å². The maximum Gasteiger partial charge on any atom is 0.261 e. The minimum Gasteiger partial charge on any atom is -0.361 e. The summed E-state index contributed by atoms with van der Waals surface area (Å²) in [5.74, 6) is 0.748. The van der Waals surface area contributed by atoms with Gasteiger partial charge in [-0.25, -0.2) is 0 Å². The zero-order valence-electron chi connectivity index (χ0n) is 11.8. The van der Waals surface area contributed by atoms with Gasteiger partial charge in [-0.3, -0.25) is 4.79 Å². The number of H-pyrrole nitrogens is 1. The number of piperidine rings is 3. The summed E-state index contributed by atoms with van der Waals surface area (Å²) in [5.41, 5.74) is 1.07. The maximum absolute atomic E-state index is 12.4. The molecule has 21 heavy (non-hydrogen) atoms. The van der Waals surface area contributed by atoms with Crippen LogP contribution in [0.4, 0.5) is 0 Å². The monoisotopic (exact) mass is 301 g/mol. The molecule has 0 spiro atoms. The highest BCUT2D eigenvalue weighted by Gasteiger charge is 2.35. The lowest BCUT2D eigenvalue weighted by Gasteiger charge is -2.44. The van der Waals surface area contributed by atoms with Crippen molar-refractivity contribution in [3.8, 4) is 10.6 Å². The Balaban J connectivity index is 1.46. The number of fused-ring (bicyclic) bond motifs is 3. The predicted molar refractivity (Wildman–Crippen MR) is 84.5 cm³/mol. The molecule has 0 saturated carbocycles. The Morgan fingerprint density at radius 2 is 2.14 bits per heavy atom. The molecule has 110 valence electrons. The first-order valence-electron chi connectivity index (χ1n) is 7.56. The second-order valence-electron chi connectivity index (χ2n) is 5.97. The number of nitrogens with one attached hydrogen (secondary N) is 2. The average molecular weight is 301 g/mol. The van der Waals surface area contributed by atoms with Crippen LogP contribution in [0.15, 0.2) is 30.5 Å². The Morgan fingerprint density at radius 1 is 1.29 bits per heavy atom. The quantitative estimate of drug-likeness (QED) is 0.915. The van der Waals surface area contributed by atoms with Crippen LogP contribution >= 0.6 is 11.3 Å². The number of carbonyl (C=O) groups is 1. The van der Waals surface area contributed by atoms with E-state index in [9.17, 15) is 4.79 Å². The molecule has 3 aliphatic rings. The molecular formula is C16H19N3OS. The van der Waals surface area contributed by atoms with Gasteiger partial charge in [0.2, 0.25) is 0 Å². The van der Waals surface area contributed by atoms with Gasteiger partial charge in [-0.15, -0.1) is 11.3 Å². The summed E-state index contributed by atoms with van der Waals surface area (Å²) < 4.78 is 0. The lowest BCUT2D eigenvalue weighted by molar-refractivity contribution is 0.0622. The third-order valence-corrected chi connectivity index (χ3v) is 5.78. The molecule has 5 heteroatoms. The van der Waals surface area contributed by atoms with Gasteiger partial charge < -0.3 is 15.2 Å².